The predicted octanol–water partition coefficient (Wildman–Crippen LogP) is 2.14. The molecule has 0 aromatic heterocycles. The minimum Gasteiger partial charge on any atom is -0.326 e. The van der Waals surface area contributed by atoms with Crippen LogP contribution in [0, 0.1) is 17.8 Å². The van der Waals surface area contributed by atoms with Crippen LogP contribution in [0.4, 0.5) is 5.69 Å². The Hall–Kier alpha value is -1.66. The van der Waals surface area contributed by atoms with Crippen LogP contribution in [0.2, 0.25) is 0 Å². The van der Waals surface area contributed by atoms with Crippen LogP contribution >= 0.6 is 0 Å². The van der Waals surface area contributed by atoms with E-state index in [0.29, 0.717) is 24.1 Å². The van der Waals surface area contributed by atoms with Gasteiger partial charge in [0.05, 0.1) is 4.90 Å². The van der Waals surface area contributed by atoms with Crippen LogP contribution in [-0.2, 0) is 14.8 Å². The van der Waals surface area contributed by atoms with Gasteiger partial charge in [-0.05, 0) is 48.9 Å². The van der Waals surface area contributed by atoms with Gasteiger partial charge in [0.2, 0.25) is 15.9 Å². The molecule has 118 valence electrons. The Balaban J connectivity index is 1.66. The van der Waals surface area contributed by atoms with Gasteiger partial charge in [0.1, 0.15) is 0 Å². The number of allylic oxidation sites excluding steroid dienone is 2. The second-order valence-electron chi connectivity index (χ2n) is 5.90. The normalized spacial score (nSPS) is 26.3. The Morgan fingerprint density at radius 3 is 2.45 bits per heavy atom. The lowest BCUT2D eigenvalue weighted by molar-refractivity contribution is -0.120. The molecule has 1 saturated carbocycles. The average Bonchev–Trinajstić information content (AvgIpc) is 3.10. The number of carbonyl (C=O) groups excluding carboxylic acids is 1. The summed E-state index contributed by atoms with van der Waals surface area (Å²) in [7, 11) is -3.45. The van der Waals surface area contributed by atoms with Gasteiger partial charge in [0.25, 0.3) is 0 Å². The van der Waals surface area contributed by atoms with Crippen LogP contribution in [0.25, 0.3) is 0 Å². The molecule has 2 bridgehead atoms. The van der Waals surface area contributed by atoms with E-state index in [2.05, 4.69) is 22.2 Å². The Kier molecular flexibility index (Phi) is 4.06. The van der Waals surface area contributed by atoms with Gasteiger partial charge in [-0.1, -0.05) is 19.1 Å². The van der Waals surface area contributed by atoms with Crippen LogP contribution in [0.1, 0.15) is 19.8 Å². The third kappa shape index (κ3) is 2.94. The third-order valence-electron chi connectivity index (χ3n) is 4.38. The predicted molar refractivity (Wildman–Crippen MR) is 84.8 cm³/mol. The van der Waals surface area contributed by atoms with Crippen LogP contribution in [-0.4, -0.2) is 20.9 Å². The Bertz CT molecular complexity index is 695. The highest BCUT2D eigenvalue weighted by molar-refractivity contribution is 7.89. The molecule has 2 aliphatic carbocycles. The molecule has 6 heteroatoms. The summed E-state index contributed by atoms with van der Waals surface area (Å²) < 4.78 is 26.1. The fraction of sp³-hybridized carbons (Fsp3) is 0.438. The van der Waals surface area contributed by atoms with Gasteiger partial charge in [-0.2, -0.15) is 0 Å². The zero-order valence-corrected chi connectivity index (χ0v) is 13.3. The summed E-state index contributed by atoms with van der Waals surface area (Å²) in [6.07, 6.45) is 6.34. The van der Waals surface area contributed by atoms with Crippen LogP contribution < -0.4 is 10.0 Å². The maximum absolute atomic E-state index is 12.3. The van der Waals surface area contributed by atoms with Crippen molar-refractivity contribution < 1.29 is 13.2 Å². The molecule has 1 fully saturated rings. The monoisotopic (exact) mass is 320 g/mol. The molecule has 0 aliphatic heterocycles. The van der Waals surface area contributed by atoms with Gasteiger partial charge in [-0.15, -0.1) is 0 Å². The number of anilines is 1. The van der Waals surface area contributed by atoms with E-state index in [1.54, 1.807) is 19.1 Å². The molecule has 0 unspecified atom stereocenters. The van der Waals surface area contributed by atoms with Gasteiger partial charge >= 0.3 is 0 Å². The molecule has 2 aliphatic rings. The number of carbonyl (C=O) groups is 1. The minimum absolute atomic E-state index is 0.0270. The zero-order chi connectivity index (χ0) is 15.7. The maximum atomic E-state index is 12.3. The molecule has 0 spiro atoms. The van der Waals surface area contributed by atoms with Crippen molar-refractivity contribution in [3.05, 3.63) is 36.4 Å². The molecule has 5 nitrogen and oxygen atoms in total. The zero-order valence-electron chi connectivity index (χ0n) is 12.5. The third-order valence-corrected chi connectivity index (χ3v) is 5.94. The van der Waals surface area contributed by atoms with Crippen molar-refractivity contribution in [3.8, 4) is 0 Å². The smallest absolute Gasteiger partial charge is 0.240 e. The van der Waals surface area contributed by atoms with Gasteiger partial charge in [0.15, 0.2) is 0 Å². The van der Waals surface area contributed by atoms with Crippen LogP contribution in [0.5, 0.6) is 0 Å². The average molecular weight is 320 g/mol. The van der Waals surface area contributed by atoms with E-state index in [9.17, 15) is 13.2 Å². The lowest BCUT2D eigenvalue weighted by atomic mass is 9.93. The van der Waals surface area contributed by atoms with Crippen molar-refractivity contribution in [2.24, 2.45) is 17.8 Å². The lowest BCUT2D eigenvalue weighted by Crippen LogP contribution is -2.26. The second-order valence-corrected chi connectivity index (χ2v) is 7.67. The van der Waals surface area contributed by atoms with Crippen LogP contribution in [0.15, 0.2) is 41.3 Å². The van der Waals surface area contributed by atoms with Crippen molar-refractivity contribution >= 4 is 21.6 Å². The minimum atomic E-state index is -3.45. The van der Waals surface area contributed by atoms with Gasteiger partial charge in [0, 0.05) is 18.2 Å². The van der Waals surface area contributed by atoms with Crippen molar-refractivity contribution in [1.82, 2.24) is 4.72 Å². The molecule has 3 rings (SSSR count). The Morgan fingerprint density at radius 2 is 1.91 bits per heavy atom. The van der Waals surface area contributed by atoms with Crippen molar-refractivity contribution in [3.63, 3.8) is 0 Å². The number of benzene rings is 1. The number of nitrogens with one attached hydrogen (secondary N) is 2. The summed E-state index contributed by atoms with van der Waals surface area (Å²) in [6.45, 7) is 2.08. The van der Waals surface area contributed by atoms with Crippen molar-refractivity contribution in [2.75, 3.05) is 11.9 Å². The maximum Gasteiger partial charge on any atom is 0.240 e. The first-order valence-electron chi connectivity index (χ1n) is 7.58. The first-order chi connectivity index (χ1) is 10.5. The van der Waals surface area contributed by atoms with E-state index in [-0.39, 0.29) is 16.7 Å². The molecule has 1 amide bonds. The first-order valence-corrected chi connectivity index (χ1v) is 9.07. The molecule has 22 heavy (non-hydrogen) atoms. The molecular formula is C16H20N2O3S. The standard InChI is InChI=1S/C16H20N2O3S/c1-2-17-22(20,21)14-7-5-13(6-8-14)18-16(19)15-10-11-3-4-12(15)9-11/h3-8,11-12,15,17H,2,9-10H2,1H3,(H,18,19)/t11-,12+,15+/m1/s1. The number of hydrogen-bond acceptors (Lipinski definition) is 3. The van der Waals surface area contributed by atoms with E-state index >= 15 is 0 Å². The van der Waals surface area contributed by atoms with Gasteiger partial charge in [-0.25, -0.2) is 13.1 Å². The van der Waals surface area contributed by atoms with Gasteiger partial charge in [-0.3, -0.25) is 4.79 Å². The summed E-state index contributed by atoms with van der Waals surface area (Å²) in [5.41, 5.74) is 0.632. The van der Waals surface area contributed by atoms with E-state index in [1.165, 1.54) is 12.1 Å². The molecule has 1 aromatic carbocycles. The van der Waals surface area contributed by atoms with E-state index in [1.807, 2.05) is 0 Å². The number of sulfonamides is 1. The molecule has 0 saturated heterocycles. The molecule has 3 atom stereocenters. The second kappa shape index (κ2) is 5.85. The van der Waals surface area contributed by atoms with Gasteiger partial charge < -0.3 is 5.32 Å². The summed E-state index contributed by atoms with van der Waals surface area (Å²) in [5, 5.41) is 2.89. The van der Waals surface area contributed by atoms with E-state index in [0.717, 1.165) is 12.8 Å². The quantitative estimate of drug-likeness (QED) is 0.816. The Labute approximate surface area is 130 Å². The molecule has 0 heterocycles. The molecule has 2 N–H and O–H groups in total. The molecular weight excluding hydrogens is 300 g/mol. The van der Waals surface area contributed by atoms with E-state index in [4.69, 9.17) is 0 Å². The number of amides is 1. The largest absolute Gasteiger partial charge is 0.326 e. The van der Waals surface area contributed by atoms with Crippen molar-refractivity contribution in [1.29, 1.82) is 0 Å². The number of fused-ring (bicyclic) bond motifs is 2. The first kappa shape index (κ1) is 15.2. The number of rotatable bonds is 5. The Morgan fingerprint density at radius 1 is 1.18 bits per heavy atom. The summed E-state index contributed by atoms with van der Waals surface area (Å²) in [6, 6.07) is 6.28. The highest BCUT2D eigenvalue weighted by Crippen LogP contribution is 2.43. The fourth-order valence-electron chi connectivity index (χ4n) is 3.31. The number of hydrogen-bond donors (Lipinski definition) is 2. The molecule has 0 radical (unpaired) electrons. The fourth-order valence-corrected chi connectivity index (χ4v) is 4.35. The molecule has 1 aromatic rings. The summed E-state index contributed by atoms with van der Waals surface area (Å²) in [5.74, 6) is 0.978. The van der Waals surface area contributed by atoms with E-state index < -0.39 is 10.0 Å². The summed E-state index contributed by atoms with van der Waals surface area (Å²) in [4.78, 5) is 12.5. The summed E-state index contributed by atoms with van der Waals surface area (Å²) >= 11 is 0. The lowest BCUT2D eigenvalue weighted by Gasteiger charge is -2.17. The topological polar surface area (TPSA) is 75.3 Å². The highest BCUT2D eigenvalue weighted by Gasteiger charge is 2.39. The highest BCUT2D eigenvalue weighted by atomic mass is 32.2. The SMILES string of the molecule is CCNS(=O)(=O)c1ccc(NC(=O)[C@H]2C[C@@H]3C=C[C@H]2C3)cc1. The van der Waals surface area contributed by atoms with Crippen molar-refractivity contribution in [2.45, 2.75) is 24.7 Å². The van der Waals surface area contributed by atoms with Crippen LogP contribution in [0.3, 0.4) is 0 Å².